The van der Waals surface area contributed by atoms with E-state index in [1.807, 2.05) is 0 Å². The number of aromatic nitrogens is 2. The van der Waals surface area contributed by atoms with E-state index in [-0.39, 0.29) is 23.6 Å². The number of benzene rings is 2. The zero-order valence-corrected chi connectivity index (χ0v) is 18.1. The topological polar surface area (TPSA) is 99.3 Å². The van der Waals surface area contributed by atoms with E-state index in [9.17, 15) is 13.7 Å². The summed E-state index contributed by atoms with van der Waals surface area (Å²) in [4.78, 5) is 20.5. The molecule has 2 aromatic heterocycles. The van der Waals surface area contributed by atoms with Crippen molar-refractivity contribution in [2.75, 3.05) is 17.8 Å². The second-order valence-electron chi connectivity index (χ2n) is 7.06. The van der Waals surface area contributed by atoms with Crippen molar-refractivity contribution in [3.05, 3.63) is 70.8 Å². The first kappa shape index (κ1) is 20.6. The predicted octanol–water partition coefficient (Wildman–Crippen LogP) is 4.69. The number of aromatic amines is 1. The maximum atomic E-state index is 14.9. The van der Waals surface area contributed by atoms with Gasteiger partial charge in [0.05, 0.1) is 21.9 Å². The van der Waals surface area contributed by atoms with Gasteiger partial charge in [0, 0.05) is 40.5 Å². The second kappa shape index (κ2) is 8.01. The Bertz CT molecular complexity index is 1380. The number of pyridine rings is 1. The van der Waals surface area contributed by atoms with Gasteiger partial charge in [-0.15, -0.1) is 0 Å². The molecule has 1 atom stereocenters. The van der Waals surface area contributed by atoms with Gasteiger partial charge < -0.3 is 19.0 Å². The fourth-order valence-electron chi connectivity index (χ4n) is 3.56. The first-order valence-corrected chi connectivity index (χ1v) is 11.4. The number of ether oxygens (including phenoxy) is 2. The van der Waals surface area contributed by atoms with Crippen molar-refractivity contribution in [1.82, 2.24) is 9.97 Å². The number of fused-ring (bicyclic) bond motifs is 2. The maximum Gasteiger partial charge on any atom is 0.231 e. The summed E-state index contributed by atoms with van der Waals surface area (Å²) in [7, 11) is 0. The van der Waals surface area contributed by atoms with Crippen molar-refractivity contribution in [2.24, 2.45) is 0 Å². The number of nitrogens with zero attached hydrogens (tertiary/aromatic N) is 1. The lowest BCUT2D eigenvalue weighted by molar-refractivity contribution is 0.103. The Hall–Kier alpha value is -3.27. The Morgan fingerprint density at radius 3 is 2.81 bits per heavy atom. The number of H-pyrrole nitrogens is 1. The van der Waals surface area contributed by atoms with Gasteiger partial charge in [-0.05, 0) is 24.3 Å². The summed E-state index contributed by atoms with van der Waals surface area (Å²) in [6.45, 7) is 0.119. The molecule has 32 heavy (non-hydrogen) atoms. The van der Waals surface area contributed by atoms with Gasteiger partial charge in [0.25, 0.3) is 0 Å². The van der Waals surface area contributed by atoms with Gasteiger partial charge in [0.2, 0.25) is 6.79 Å². The predicted molar refractivity (Wildman–Crippen MR) is 120 cm³/mol. The molecule has 5 rings (SSSR count). The third kappa shape index (κ3) is 3.54. The monoisotopic (exact) mass is 471 g/mol. The molecule has 0 bridgehead atoms. The zero-order valence-electron chi connectivity index (χ0n) is 16.6. The molecule has 2 aromatic carbocycles. The van der Waals surface area contributed by atoms with Gasteiger partial charge in [0.1, 0.15) is 17.6 Å². The minimum Gasteiger partial charge on any atom is -0.593 e. The van der Waals surface area contributed by atoms with Crippen molar-refractivity contribution in [1.29, 1.82) is 0 Å². The van der Waals surface area contributed by atoms with E-state index in [0.717, 1.165) is 0 Å². The molecular weight excluding hydrogens is 457 g/mol. The number of nitrogens with one attached hydrogen (secondary N) is 2. The molecule has 0 saturated carbocycles. The van der Waals surface area contributed by atoms with Crippen LogP contribution in [0.2, 0.25) is 5.02 Å². The molecule has 3 heterocycles. The highest BCUT2D eigenvalue weighted by Gasteiger charge is 2.22. The lowest BCUT2D eigenvalue weighted by atomic mass is 10.00. The summed E-state index contributed by atoms with van der Waals surface area (Å²) in [5.41, 5.74) is 1.88. The van der Waals surface area contributed by atoms with Crippen LogP contribution in [-0.4, -0.2) is 33.4 Å². The van der Waals surface area contributed by atoms with Crippen LogP contribution in [0.3, 0.4) is 0 Å². The van der Waals surface area contributed by atoms with Crippen LogP contribution in [0.4, 0.5) is 10.1 Å². The quantitative estimate of drug-likeness (QED) is 0.323. The molecule has 7 nitrogen and oxygen atoms in total. The Morgan fingerprint density at radius 1 is 1.25 bits per heavy atom. The van der Waals surface area contributed by atoms with Crippen LogP contribution in [0.1, 0.15) is 15.9 Å². The summed E-state index contributed by atoms with van der Waals surface area (Å²) in [5, 5.41) is 0.953. The standard InChI is InChI=1S/C22H15ClFN3O4S/c1-32(29)27-17-4-2-3-12(20(17)24)21(28)15-9-26-22-14(15)5-11(8-25-22)13-6-18-19(7-16(13)23)31-10-30-18/h2-9,27H,10H2,1H3,(H,25,26). The van der Waals surface area contributed by atoms with Gasteiger partial charge in [-0.2, -0.15) is 0 Å². The van der Waals surface area contributed by atoms with Crippen LogP contribution in [0.25, 0.3) is 22.2 Å². The van der Waals surface area contributed by atoms with Crippen molar-refractivity contribution >= 4 is 45.5 Å². The van der Waals surface area contributed by atoms with Crippen LogP contribution >= 0.6 is 11.6 Å². The molecule has 0 fully saturated rings. The van der Waals surface area contributed by atoms with Crippen molar-refractivity contribution in [3.63, 3.8) is 0 Å². The van der Waals surface area contributed by atoms with E-state index < -0.39 is 23.0 Å². The number of carbonyl (C=O) groups is 1. The number of carbonyl (C=O) groups excluding carboxylic acids is 1. The van der Waals surface area contributed by atoms with E-state index in [4.69, 9.17) is 21.1 Å². The Morgan fingerprint density at radius 2 is 2.03 bits per heavy atom. The first-order valence-electron chi connectivity index (χ1n) is 9.42. The third-order valence-corrected chi connectivity index (χ3v) is 5.87. The number of halogens is 2. The van der Waals surface area contributed by atoms with Crippen molar-refractivity contribution in [3.8, 4) is 22.6 Å². The molecule has 2 N–H and O–H groups in total. The van der Waals surface area contributed by atoms with Crippen LogP contribution in [0.15, 0.2) is 48.8 Å². The molecule has 4 aromatic rings. The number of anilines is 1. The van der Waals surface area contributed by atoms with Gasteiger partial charge in [0.15, 0.2) is 23.1 Å². The summed E-state index contributed by atoms with van der Waals surface area (Å²) in [6, 6.07) is 9.50. The maximum absolute atomic E-state index is 14.9. The Kier molecular flexibility index (Phi) is 5.16. The summed E-state index contributed by atoms with van der Waals surface area (Å²) in [6.07, 6.45) is 4.49. The molecule has 0 amide bonds. The number of ketones is 1. The zero-order chi connectivity index (χ0) is 22.4. The molecule has 10 heteroatoms. The average Bonchev–Trinajstić information content (AvgIpc) is 3.39. The molecule has 162 valence electrons. The molecular formula is C22H15ClFN3O4S. The minimum absolute atomic E-state index is 0.0116. The van der Waals surface area contributed by atoms with E-state index in [2.05, 4.69) is 14.7 Å². The van der Waals surface area contributed by atoms with Gasteiger partial charge in [-0.25, -0.2) is 14.1 Å². The van der Waals surface area contributed by atoms with Gasteiger partial charge >= 0.3 is 0 Å². The molecule has 1 aliphatic rings. The van der Waals surface area contributed by atoms with E-state index in [1.165, 1.54) is 30.7 Å². The highest BCUT2D eigenvalue weighted by atomic mass is 35.5. The highest BCUT2D eigenvalue weighted by molar-refractivity contribution is 7.92. The lowest BCUT2D eigenvalue weighted by Gasteiger charge is -2.10. The average molecular weight is 472 g/mol. The fourth-order valence-corrected chi connectivity index (χ4v) is 4.29. The van der Waals surface area contributed by atoms with Crippen LogP contribution in [0, 0.1) is 5.82 Å². The highest BCUT2D eigenvalue weighted by Crippen LogP contribution is 2.41. The van der Waals surface area contributed by atoms with E-state index >= 15 is 0 Å². The summed E-state index contributed by atoms with van der Waals surface area (Å²) in [5.74, 6) is -0.183. The van der Waals surface area contributed by atoms with Crippen LogP contribution < -0.4 is 14.2 Å². The summed E-state index contributed by atoms with van der Waals surface area (Å²) < 4.78 is 39.6. The number of rotatable bonds is 5. The molecule has 1 aliphatic heterocycles. The first-order chi connectivity index (χ1) is 15.4. The smallest absolute Gasteiger partial charge is 0.231 e. The largest absolute Gasteiger partial charge is 0.593 e. The fraction of sp³-hybridized carbons (Fsp3) is 0.0909. The SMILES string of the molecule is C[S+]([O-])Nc1cccc(C(=O)c2c[nH]c3ncc(-c4cc5c(cc4Cl)OCO5)cc23)c1F. The van der Waals surface area contributed by atoms with Crippen molar-refractivity contribution < 1.29 is 23.2 Å². The minimum atomic E-state index is -1.48. The lowest BCUT2D eigenvalue weighted by Crippen LogP contribution is -2.13. The van der Waals surface area contributed by atoms with Crippen LogP contribution in [-0.2, 0) is 11.4 Å². The molecule has 0 aliphatic carbocycles. The molecule has 1 unspecified atom stereocenters. The molecule has 0 radical (unpaired) electrons. The van der Waals surface area contributed by atoms with Crippen molar-refractivity contribution in [2.45, 2.75) is 0 Å². The summed E-state index contributed by atoms with van der Waals surface area (Å²) >= 11 is 4.94. The second-order valence-corrected chi connectivity index (χ2v) is 8.58. The van der Waals surface area contributed by atoms with Gasteiger partial charge in [-0.3, -0.25) is 4.79 Å². The third-order valence-electron chi connectivity index (χ3n) is 5.05. The number of hydrogen-bond donors (Lipinski definition) is 2. The Labute approximate surface area is 189 Å². The Balaban J connectivity index is 1.58. The van der Waals surface area contributed by atoms with Gasteiger partial charge in [-0.1, -0.05) is 17.7 Å². The van der Waals surface area contributed by atoms with Crippen LogP contribution in [0.5, 0.6) is 11.5 Å². The normalized spacial score (nSPS) is 13.4. The van der Waals surface area contributed by atoms with E-state index in [1.54, 1.807) is 24.4 Å². The number of hydrogen-bond acceptors (Lipinski definition) is 6. The van der Waals surface area contributed by atoms with E-state index in [0.29, 0.717) is 38.7 Å². The molecule has 0 spiro atoms. The molecule has 0 saturated heterocycles.